The Morgan fingerprint density at radius 3 is 2.20 bits per heavy atom. The maximum atomic E-state index is 11.9. The Morgan fingerprint density at radius 2 is 1.60 bits per heavy atom. The van der Waals surface area contributed by atoms with E-state index in [1.807, 2.05) is 42.5 Å². The van der Waals surface area contributed by atoms with Crippen LogP contribution in [0.15, 0.2) is 54.6 Å². The van der Waals surface area contributed by atoms with Crippen molar-refractivity contribution >= 4 is 17.6 Å². The first-order valence-electron chi connectivity index (χ1n) is 8.24. The molecule has 2 rings (SSSR count). The zero-order valence-electron chi connectivity index (χ0n) is 14.7. The number of nitrogens with one attached hydrogen (secondary N) is 1. The minimum atomic E-state index is -0.791. The summed E-state index contributed by atoms with van der Waals surface area (Å²) < 4.78 is 10.5. The van der Waals surface area contributed by atoms with Crippen molar-refractivity contribution in [3.8, 4) is 5.75 Å². The lowest BCUT2D eigenvalue weighted by atomic mass is 10.0. The molecule has 0 spiro atoms. The van der Waals surface area contributed by atoms with E-state index in [2.05, 4.69) is 19.2 Å². The number of anilines is 1. The quantitative estimate of drug-likeness (QED) is 0.779. The SMILES string of the molecule is CC(C)c1ccc(NC(=O)COC(=O)[C@H](C)Oc2ccccc2)cc1. The summed E-state index contributed by atoms with van der Waals surface area (Å²) in [6, 6.07) is 16.6. The zero-order valence-corrected chi connectivity index (χ0v) is 14.7. The van der Waals surface area contributed by atoms with Crippen LogP contribution in [0.1, 0.15) is 32.3 Å². The third kappa shape index (κ3) is 5.95. The van der Waals surface area contributed by atoms with E-state index in [0.29, 0.717) is 17.4 Å². The van der Waals surface area contributed by atoms with Crippen LogP contribution in [0.4, 0.5) is 5.69 Å². The number of hydrogen-bond donors (Lipinski definition) is 1. The van der Waals surface area contributed by atoms with Crippen LogP contribution >= 0.6 is 0 Å². The molecule has 132 valence electrons. The van der Waals surface area contributed by atoms with Crippen molar-refractivity contribution in [3.05, 3.63) is 60.2 Å². The van der Waals surface area contributed by atoms with Gasteiger partial charge in [-0.3, -0.25) is 4.79 Å². The molecule has 0 aromatic heterocycles. The van der Waals surface area contributed by atoms with Crippen molar-refractivity contribution in [1.29, 1.82) is 0 Å². The van der Waals surface area contributed by atoms with Crippen molar-refractivity contribution in [2.45, 2.75) is 32.8 Å². The van der Waals surface area contributed by atoms with Crippen LogP contribution in [0.5, 0.6) is 5.75 Å². The molecule has 0 aliphatic carbocycles. The number of ether oxygens (including phenoxy) is 2. The van der Waals surface area contributed by atoms with Gasteiger partial charge in [0.1, 0.15) is 5.75 Å². The van der Waals surface area contributed by atoms with Crippen molar-refractivity contribution in [3.63, 3.8) is 0 Å². The Morgan fingerprint density at radius 1 is 0.960 bits per heavy atom. The van der Waals surface area contributed by atoms with Crippen molar-refractivity contribution in [2.24, 2.45) is 0 Å². The van der Waals surface area contributed by atoms with Gasteiger partial charge in [0.25, 0.3) is 5.91 Å². The van der Waals surface area contributed by atoms with Gasteiger partial charge in [0.05, 0.1) is 0 Å². The van der Waals surface area contributed by atoms with E-state index < -0.39 is 18.0 Å². The molecule has 0 saturated carbocycles. The minimum absolute atomic E-state index is 0.354. The highest BCUT2D eigenvalue weighted by Gasteiger charge is 2.17. The fourth-order valence-electron chi connectivity index (χ4n) is 2.15. The number of carbonyl (C=O) groups is 2. The largest absolute Gasteiger partial charge is 0.479 e. The lowest BCUT2D eigenvalue weighted by molar-refractivity contribution is -0.153. The Kier molecular flexibility index (Phi) is 6.57. The first-order chi connectivity index (χ1) is 12.0. The normalized spacial score (nSPS) is 11.7. The third-order valence-electron chi connectivity index (χ3n) is 3.59. The second-order valence-corrected chi connectivity index (χ2v) is 6.01. The molecule has 2 aromatic rings. The summed E-state index contributed by atoms with van der Waals surface area (Å²) in [4.78, 5) is 23.8. The van der Waals surface area contributed by atoms with Crippen LogP contribution in [-0.4, -0.2) is 24.6 Å². The molecule has 0 heterocycles. The van der Waals surface area contributed by atoms with Gasteiger partial charge >= 0.3 is 5.97 Å². The van der Waals surface area contributed by atoms with E-state index in [0.717, 1.165) is 0 Å². The second kappa shape index (κ2) is 8.87. The van der Waals surface area contributed by atoms with Crippen LogP contribution in [0.25, 0.3) is 0 Å². The number of rotatable bonds is 7. The second-order valence-electron chi connectivity index (χ2n) is 6.01. The number of benzene rings is 2. The van der Waals surface area contributed by atoms with Gasteiger partial charge in [0, 0.05) is 5.69 Å². The number of esters is 1. The fraction of sp³-hybridized carbons (Fsp3) is 0.300. The molecule has 1 amide bonds. The van der Waals surface area contributed by atoms with Crippen molar-refractivity contribution in [1.82, 2.24) is 0 Å². The standard InChI is InChI=1S/C20H23NO4/c1-14(2)16-9-11-17(12-10-16)21-19(22)13-24-20(23)15(3)25-18-7-5-4-6-8-18/h4-12,14-15H,13H2,1-3H3,(H,21,22)/t15-/m0/s1. The molecule has 0 bridgehead atoms. The lowest BCUT2D eigenvalue weighted by Gasteiger charge is -2.14. The Bertz CT molecular complexity index is 695. The van der Waals surface area contributed by atoms with E-state index in [1.165, 1.54) is 5.56 Å². The van der Waals surface area contributed by atoms with Gasteiger partial charge in [-0.1, -0.05) is 44.2 Å². The smallest absolute Gasteiger partial charge is 0.347 e. The predicted molar refractivity (Wildman–Crippen MR) is 96.7 cm³/mol. The molecule has 0 aliphatic heterocycles. The van der Waals surface area contributed by atoms with E-state index in [9.17, 15) is 9.59 Å². The van der Waals surface area contributed by atoms with Gasteiger partial charge in [0.2, 0.25) is 0 Å². The van der Waals surface area contributed by atoms with Crippen molar-refractivity contribution < 1.29 is 19.1 Å². The monoisotopic (exact) mass is 341 g/mol. The Labute approximate surface area is 148 Å². The summed E-state index contributed by atoms with van der Waals surface area (Å²) in [6.45, 7) is 5.43. The van der Waals surface area contributed by atoms with Gasteiger partial charge in [-0.25, -0.2) is 4.79 Å². The highest BCUT2D eigenvalue weighted by molar-refractivity contribution is 5.93. The molecule has 0 radical (unpaired) electrons. The Balaban J connectivity index is 1.77. The highest BCUT2D eigenvalue weighted by Crippen LogP contribution is 2.17. The topological polar surface area (TPSA) is 64.6 Å². The van der Waals surface area contributed by atoms with E-state index in [1.54, 1.807) is 19.1 Å². The lowest BCUT2D eigenvalue weighted by Crippen LogP contribution is -2.29. The maximum absolute atomic E-state index is 11.9. The number of carbonyl (C=O) groups excluding carboxylic acids is 2. The van der Waals surface area contributed by atoms with Crippen LogP contribution in [0.2, 0.25) is 0 Å². The average Bonchev–Trinajstić information content (AvgIpc) is 2.61. The van der Waals surface area contributed by atoms with E-state index >= 15 is 0 Å². The minimum Gasteiger partial charge on any atom is -0.479 e. The molecule has 5 heteroatoms. The molecular weight excluding hydrogens is 318 g/mol. The van der Waals surface area contributed by atoms with Crippen LogP contribution in [-0.2, 0) is 14.3 Å². The van der Waals surface area contributed by atoms with Gasteiger partial charge in [-0.05, 0) is 42.7 Å². The summed E-state index contributed by atoms with van der Waals surface area (Å²) in [7, 11) is 0. The number of para-hydroxylation sites is 1. The Hall–Kier alpha value is -2.82. The molecule has 1 atom stereocenters. The van der Waals surface area contributed by atoms with Crippen molar-refractivity contribution in [2.75, 3.05) is 11.9 Å². The maximum Gasteiger partial charge on any atom is 0.347 e. The first-order valence-corrected chi connectivity index (χ1v) is 8.24. The molecule has 1 N–H and O–H groups in total. The molecular formula is C20H23NO4. The molecule has 0 aliphatic rings. The van der Waals surface area contributed by atoms with Crippen LogP contribution in [0, 0.1) is 0 Å². The predicted octanol–water partition coefficient (Wildman–Crippen LogP) is 3.76. The number of amides is 1. The molecule has 0 unspecified atom stereocenters. The zero-order chi connectivity index (χ0) is 18.2. The molecule has 0 fully saturated rings. The molecule has 0 saturated heterocycles. The van der Waals surface area contributed by atoms with Gasteiger partial charge in [0.15, 0.2) is 12.7 Å². The fourth-order valence-corrected chi connectivity index (χ4v) is 2.15. The van der Waals surface area contributed by atoms with Crippen LogP contribution < -0.4 is 10.1 Å². The van der Waals surface area contributed by atoms with Crippen LogP contribution in [0.3, 0.4) is 0 Å². The molecule has 2 aromatic carbocycles. The van der Waals surface area contributed by atoms with Gasteiger partial charge < -0.3 is 14.8 Å². The van der Waals surface area contributed by atoms with E-state index in [-0.39, 0.29) is 6.61 Å². The highest BCUT2D eigenvalue weighted by atomic mass is 16.6. The summed E-state index contributed by atoms with van der Waals surface area (Å²) in [5.74, 6) is 0.0187. The van der Waals surface area contributed by atoms with E-state index in [4.69, 9.17) is 9.47 Å². The first kappa shape index (κ1) is 18.5. The summed E-state index contributed by atoms with van der Waals surface area (Å²) in [6.07, 6.45) is -0.791. The molecule has 5 nitrogen and oxygen atoms in total. The average molecular weight is 341 g/mol. The van der Waals surface area contributed by atoms with Gasteiger partial charge in [-0.2, -0.15) is 0 Å². The molecule has 25 heavy (non-hydrogen) atoms. The summed E-state index contributed by atoms with van der Waals surface area (Å²) in [5, 5.41) is 2.70. The van der Waals surface area contributed by atoms with Gasteiger partial charge in [-0.15, -0.1) is 0 Å². The third-order valence-corrected chi connectivity index (χ3v) is 3.59. The summed E-state index contributed by atoms with van der Waals surface area (Å²) in [5.41, 5.74) is 1.86. The summed E-state index contributed by atoms with van der Waals surface area (Å²) >= 11 is 0. The number of hydrogen-bond acceptors (Lipinski definition) is 4.